The van der Waals surface area contributed by atoms with Crippen LogP contribution in [-0.4, -0.2) is 24.3 Å². The van der Waals surface area contributed by atoms with Gasteiger partial charge in [0.25, 0.3) is 0 Å². The lowest BCUT2D eigenvalue weighted by Gasteiger charge is -2.31. The van der Waals surface area contributed by atoms with E-state index in [1.165, 1.54) is 0 Å². The first kappa shape index (κ1) is 18.8. The van der Waals surface area contributed by atoms with Crippen LogP contribution >= 0.6 is 12.4 Å². The van der Waals surface area contributed by atoms with E-state index in [4.69, 9.17) is 4.42 Å². The van der Waals surface area contributed by atoms with Crippen molar-refractivity contribution in [2.45, 2.75) is 39.0 Å². The van der Waals surface area contributed by atoms with Crippen LogP contribution in [0.4, 0.5) is 10.1 Å². The van der Waals surface area contributed by atoms with Gasteiger partial charge < -0.3 is 19.7 Å². The summed E-state index contributed by atoms with van der Waals surface area (Å²) in [7, 11) is 0. The molecule has 2 N–H and O–H groups in total. The first-order valence-electron chi connectivity index (χ1n) is 8.09. The van der Waals surface area contributed by atoms with Crippen molar-refractivity contribution in [1.82, 2.24) is 5.32 Å². The van der Waals surface area contributed by atoms with Crippen LogP contribution in [0.3, 0.4) is 0 Å². The molecule has 24 heavy (non-hydrogen) atoms. The third-order valence-electron chi connectivity index (χ3n) is 4.24. The Morgan fingerprint density at radius 1 is 1.21 bits per heavy atom. The van der Waals surface area contributed by atoms with Gasteiger partial charge in [0.15, 0.2) is 0 Å². The van der Waals surface area contributed by atoms with Gasteiger partial charge >= 0.3 is 0 Å². The fourth-order valence-corrected chi connectivity index (χ4v) is 2.93. The number of anilines is 1. The number of furan rings is 1. The quantitative estimate of drug-likeness (QED) is 0.864. The number of aryl methyl sites for hydroxylation is 1. The van der Waals surface area contributed by atoms with Gasteiger partial charge in [-0.2, -0.15) is 0 Å². The topological polar surface area (TPSA) is 48.6 Å². The third kappa shape index (κ3) is 4.72. The highest BCUT2D eigenvalue weighted by molar-refractivity contribution is 5.85. The minimum Gasteiger partial charge on any atom is -0.465 e. The second-order valence-electron chi connectivity index (χ2n) is 6.12. The number of aliphatic hydroxyl groups excluding tert-OH is 1. The fourth-order valence-electron chi connectivity index (χ4n) is 2.93. The number of nitrogens with zero attached hydrogens (tertiary/aromatic N) is 1. The molecule has 0 radical (unpaired) electrons. The summed E-state index contributed by atoms with van der Waals surface area (Å²) in [5.41, 5.74) is 1.54. The summed E-state index contributed by atoms with van der Waals surface area (Å²) in [6.07, 6.45) is 1.15. The van der Waals surface area contributed by atoms with E-state index in [0.717, 1.165) is 17.1 Å². The monoisotopic (exact) mass is 354 g/mol. The number of rotatable bonds is 5. The zero-order chi connectivity index (χ0) is 16.2. The fraction of sp³-hybridized carbons (Fsp3) is 0.444. The maximum absolute atomic E-state index is 14.3. The van der Waals surface area contributed by atoms with Gasteiger partial charge in [-0.3, -0.25) is 0 Å². The Bertz CT molecular complexity index is 654. The SMILES string of the molecule is Cc1ccc(CNCc2ccc(N3CCC(O)CC3)c(F)c2)o1.Cl. The molecular formula is C18H24ClFN2O2. The molecule has 0 saturated carbocycles. The van der Waals surface area contributed by atoms with Crippen molar-refractivity contribution in [3.63, 3.8) is 0 Å². The molecule has 1 aliphatic rings. The van der Waals surface area contributed by atoms with Crippen molar-refractivity contribution in [2.75, 3.05) is 18.0 Å². The molecular weight excluding hydrogens is 331 g/mol. The maximum Gasteiger partial charge on any atom is 0.146 e. The number of halogens is 2. The van der Waals surface area contributed by atoms with Crippen LogP contribution in [0.2, 0.25) is 0 Å². The van der Waals surface area contributed by atoms with Crippen LogP contribution in [0, 0.1) is 12.7 Å². The van der Waals surface area contributed by atoms with E-state index in [9.17, 15) is 9.50 Å². The minimum atomic E-state index is -0.247. The Morgan fingerprint density at radius 2 is 1.96 bits per heavy atom. The average Bonchev–Trinajstić information content (AvgIpc) is 2.94. The Balaban J connectivity index is 0.00000208. The molecule has 132 valence electrons. The van der Waals surface area contributed by atoms with Crippen molar-refractivity contribution in [1.29, 1.82) is 0 Å². The lowest BCUT2D eigenvalue weighted by atomic mass is 10.1. The number of nitrogens with one attached hydrogen (secondary N) is 1. The van der Waals surface area contributed by atoms with E-state index in [1.54, 1.807) is 6.07 Å². The molecule has 2 aromatic rings. The predicted octanol–water partition coefficient (Wildman–Crippen LogP) is 3.40. The number of hydrogen-bond donors (Lipinski definition) is 2. The summed E-state index contributed by atoms with van der Waals surface area (Å²) in [5, 5.41) is 12.8. The molecule has 0 unspecified atom stereocenters. The second-order valence-corrected chi connectivity index (χ2v) is 6.12. The molecule has 1 aromatic carbocycles. The molecule has 1 saturated heterocycles. The first-order chi connectivity index (χ1) is 11.1. The van der Waals surface area contributed by atoms with Crippen LogP contribution in [0.5, 0.6) is 0 Å². The molecule has 4 nitrogen and oxygen atoms in total. The zero-order valence-electron chi connectivity index (χ0n) is 13.8. The number of benzene rings is 1. The van der Waals surface area contributed by atoms with Crippen LogP contribution in [0.25, 0.3) is 0 Å². The van der Waals surface area contributed by atoms with Gasteiger partial charge in [-0.05, 0) is 49.6 Å². The minimum absolute atomic E-state index is 0. The van der Waals surface area contributed by atoms with Crippen LogP contribution in [0.15, 0.2) is 34.7 Å². The van der Waals surface area contributed by atoms with Crippen LogP contribution in [0.1, 0.15) is 29.9 Å². The maximum atomic E-state index is 14.3. The van der Waals surface area contributed by atoms with Gasteiger partial charge in [0.2, 0.25) is 0 Å². The second kappa shape index (κ2) is 8.51. The van der Waals surface area contributed by atoms with E-state index >= 15 is 0 Å². The standard InChI is InChI=1S/C18H23FN2O2.ClH/c1-13-2-4-16(23-13)12-20-11-14-3-5-18(17(19)10-14)21-8-6-15(22)7-9-21;/h2-5,10,15,20,22H,6-9,11-12H2,1H3;1H. The molecule has 2 heterocycles. The summed E-state index contributed by atoms with van der Waals surface area (Å²) in [6.45, 7) is 4.54. The molecule has 1 aromatic heterocycles. The summed E-state index contributed by atoms with van der Waals surface area (Å²) in [4.78, 5) is 2.00. The Morgan fingerprint density at radius 3 is 2.58 bits per heavy atom. The smallest absolute Gasteiger partial charge is 0.146 e. The van der Waals surface area contributed by atoms with Crippen LogP contribution in [-0.2, 0) is 13.1 Å². The van der Waals surface area contributed by atoms with E-state index < -0.39 is 0 Å². The van der Waals surface area contributed by atoms with Gasteiger partial charge in [-0.15, -0.1) is 12.4 Å². The number of aliphatic hydroxyl groups is 1. The van der Waals surface area contributed by atoms with Crippen molar-refractivity contribution < 1.29 is 13.9 Å². The molecule has 6 heteroatoms. The highest BCUT2D eigenvalue weighted by atomic mass is 35.5. The molecule has 1 fully saturated rings. The highest BCUT2D eigenvalue weighted by Crippen LogP contribution is 2.24. The van der Waals surface area contributed by atoms with E-state index in [2.05, 4.69) is 5.32 Å². The highest BCUT2D eigenvalue weighted by Gasteiger charge is 2.19. The Kier molecular flexibility index (Phi) is 6.66. The summed E-state index contributed by atoms with van der Waals surface area (Å²) >= 11 is 0. The van der Waals surface area contributed by atoms with E-state index in [0.29, 0.717) is 44.7 Å². The first-order valence-corrected chi connectivity index (χ1v) is 8.09. The largest absolute Gasteiger partial charge is 0.465 e. The van der Waals surface area contributed by atoms with Crippen molar-refractivity contribution >= 4 is 18.1 Å². The summed E-state index contributed by atoms with van der Waals surface area (Å²) in [5.74, 6) is 1.57. The molecule has 0 aliphatic carbocycles. The van der Waals surface area contributed by atoms with Gasteiger partial charge in [0, 0.05) is 19.6 Å². The molecule has 1 aliphatic heterocycles. The zero-order valence-corrected chi connectivity index (χ0v) is 14.6. The molecule has 0 spiro atoms. The van der Waals surface area contributed by atoms with Crippen molar-refractivity contribution in [2.24, 2.45) is 0 Å². The normalized spacial score (nSPS) is 15.4. The molecule has 0 amide bonds. The Labute approximate surface area is 148 Å². The van der Waals surface area contributed by atoms with Crippen molar-refractivity contribution in [3.05, 3.63) is 53.2 Å². The molecule has 3 rings (SSSR count). The van der Waals surface area contributed by atoms with Gasteiger partial charge in [-0.1, -0.05) is 6.07 Å². The van der Waals surface area contributed by atoms with Gasteiger partial charge in [-0.25, -0.2) is 4.39 Å². The molecule has 0 atom stereocenters. The van der Waals surface area contributed by atoms with E-state index in [-0.39, 0.29) is 24.3 Å². The lowest BCUT2D eigenvalue weighted by molar-refractivity contribution is 0.145. The summed E-state index contributed by atoms with van der Waals surface area (Å²) in [6, 6.07) is 9.24. The van der Waals surface area contributed by atoms with Crippen molar-refractivity contribution in [3.8, 4) is 0 Å². The number of hydrogen-bond acceptors (Lipinski definition) is 4. The Hall–Kier alpha value is -1.56. The van der Waals surface area contributed by atoms with Gasteiger partial charge in [0.05, 0.1) is 18.3 Å². The summed E-state index contributed by atoms with van der Waals surface area (Å²) < 4.78 is 19.8. The average molecular weight is 355 g/mol. The molecule has 0 bridgehead atoms. The third-order valence-corrected chi connectivity index (χ3v) is 4.24. The van der Waals surface area contributed by atoms with Gasteiger partial charge in [0.1, 0.15) is 17.3 Å². The predicted molar refractivity (Wildman–Crippen MR) is 95.1 cm³/mol. The van der Waals surface area contributed by atoms with Crippen LogP contribution < -0.4 is 10.2 Å². The number of piperidine rings is 1. The lowest BCUT2D eigenvalue weighted by Crippen LogP contribution is -2.36. The van der Waals surface area contributed by atoms with E-state index in [1.807, 2.05) is 36.1 Å².